The maximum absolute atomic E-state index is 13.0. The number of fused-ring (bicyclic) bond motifs is 1. The molecule has 1 N–H and O–H groups in total. The first-order valence-corrected chi connectivity index (χ1v) is 8.00. The highest BCUT2D eigenvalue weighted by Gasteiger charge is 2.24. The predicted molar refractivity (Wildman–Crippen MR) is 91.0 cm³/mol. The molecule has 2 aromatic carbocycles. The van der Waals surface area contributed by atoms with Crippen LogP contribution in [0.5, 0.6) is 0 Å². The van der Waals surface area contributed by atoms with Gasteiger partial charge in [0, 0.05) is 13.1 Å². The van der Waals surface area contributed by atoms with Crippen molar-refractivity contribution in [2.45, 2.75) is 33.8 Å². The van der Waals surface area contributed by atoms with E-state index in [0.717, 1.165) is 16.3 Å². The van der Waals surface area contributed by atoms with Crippen LogP contribution in [0.15, 0.2) is 36.4 Å². The Kier molecular flexibility index (Phi) is 5.19. The van der Waals surface area contributed by atoms with E-state index in [1.807, 2.05) is 64.1 Å². The first-order valence-electron chi connectivity index (χ1n) is 8.00. The zero-order valence-electron chi connectivity index (χ0n) is 13.8. The van der Waals surface area contributed by atoms with Crippen LogP contribution in [0.25, 0.3) is 10.8 Å². The summed E-state index contributed by atoms with van der Waals surface area (Å²) in [7, 11) is 0. The number of nitrogens with zero attached hydrogens (tertiary/aromatic N) is 1. The molecule has 2 rings (SSSR count). The lowest BCUT2D eigenvalue weighted by atomic mass is 9.90. The van der Waals surface area contributed by atoms with Crippen LogP contribution in [0.3, 0.4) is 0 Å². The van der Waals surface area contributed by atoms with Crippen molar-refractivity contribution in [2.24, 2.45) is 5.92 Å². The van der Waals surface area contributed by atoms with Crippen molar-refractivity contribution in [1.82, 2.24) is 4.90 Å². The summed E-state index contributed by atoms with van der Waals surface area (Å²) in [4.78, 5) is 14.8. The molecule has 0 fully saturated rings. The van der Waals surface area contributed by atoms with Gasteiger partial charge in [-0.05, 0) is 36.1 Å². The van der Waals surface area contributed by atoms with Gasteiger partial charge in [-0.15, -0.1) is 0 Å². The first-order chi connectivity index (χ1) is 10.5. The molecular formula is C19H25NO2. The van der Waals surface area contributed by atoms with Gasteiger partial charge in [0.15, 0.2) is 0 Å². The Morgan fingerprint density at radius 3 is 2.32 bits per heavy atom. The van der Waals surface area contributed by atoms with E-state index >= 15 is 0 Å². The smallest absolute Gasteiger partial charge is 0.254 e. The summed E-state index contributed by atoms with van der Waals surface area (Å²) < 4.78 is 0. The predicted octanol–water partition coefficient (Wildman–Crippen LogP) is 4.01. The van der Waals surface area contributed by atoms with Crippen LogP contribution < -0.4 is 0 Å². The summed E-state index contributed by atoms with van der Waals surface area (Å²) in [6, 6.07) is 11.7. The van der Waals surface area contributed by atoms with E-state index in [2.05, 4.69) is 0 Å². The third kappa shape index (κ3) is 3.00. The molecule has 0 aromatic heterocycles. The molecule has 0 saturated carbocycles. The van der Waals surface area contributed by atoms with Gasteiger partial charge >= 0.3 is 0 Å². The molecule has 22 heavy (non-hydrogen) atoms. The number of rotatable bonds is 5. The highest BCUT2D eigenvalue weighted by Crippen LogP contribution is 2.31. The lowest BCUT2D eigenvalue weighted by Crippen LogP contribution is -2.32. The van der Waals surface area contributed by atoms with Gasteiger partial charge in [-0.1, -0.05) is 50.2 Å². The van der Waals surface area contributed by atoms with Crippen LogP contribution in [0.1, 0.15) is 49.7 Å². The van der Waals surface area contributed by atoms with E-state index in [4.69, 9.17) is 0 Å². The Labute approximate surface area is 132 Å². The van der Waals surface area contributed by atoms with E-state index in [1.54, 1.807) is 4.90 Å². The van der Waals surface area contributed by atoms with Crippen LogP contribution >= 0.6 is 0 Å². The van der Waals surface area contributed by atoms with Crippen LogP contribution in [0.4, 0.5) is 0 Å². The number of hydrogen-bond donors (Lipinski definition) is 1. The molecule has 0 aliphatic rings. The Hall–Kier alpha value is -1.87. The zero-order chi connectivity index (χ0) is 16.3. The summed E-state index contributed by atoms with van der Waals surface area (Å²) in [5.41, 5.74) is 1.37. The molecule has 2 aromatic rings. The molecule has 0 aliphatic heterocycles. The average Bonchev–Trinajstić information content (AvgIpc) is 2.53. The number of amides is 1. The molecule has 1 amide bonds. The molecule has 0 aliphatic carbocycles. The number of hydrogen-bond acceptors (Lipinski definition) is 2. The summed E-state index contributed by atoms with van der Waals surface area (Å²) in [6.07, 6.45) is -0.640. The lowest BCUT2D eigenvalue weighted by Gasteiger charge is -2.24. The summed E-state index contributed by atoms with van der Waals surface area (Å²) in [5.74, 6) is 0.0564. The monoisotopic (exact) mass is 299 g/mol. The van der Waals surface area contributed by atoms with Crippen LogP contribution in [0.2, 0.25) is 0 Å². The normalized spacial score (nSPS) is 12.6. The minimum atomic E-state index is -0.640. The fourth-order valence-electron chi connectivity index (χ4n) is 2.80. The van der Waals surface area contributed by atoms with Gasteiger partial charge < -0.3 is 10.0 Å². The Balaban J connectivity index is 2.70. The van der Waals surface area contributed by atoms with Crippen molar-refractivity contribution in [3.63, 3.8) is 0 Å². The van der Waals surface area contributed by atoms with Gasteiger partial charge in [0.05, 0.1) is 11.7 Å². The quantitative estimate of drug-likeness (QED) is 0.906. The summed E-state index contributed by atoms with van der Waals surface area (Å²) in [5, 5.41) is 12.5. The van der Waals surface area contributed by atoms with Crippen LogP contribution in [-0.2, 0) is 0 Å². The zero-order valence-corrected chi connectivity index (χ0v) is 13.8. The SMILES string of the molecule is CCN(CC)C(=O)c1c([C@@H](O)C(C)C)ccc2ccccc12. The molecule has 3 heteroatoms. The van der Waals surface area contributed by atoms with E-state index < -0.39 is 6.10 Å². The van der Waals surface area contributed by atoms with E-state index in [1.165, 1.54) is 0 Å². The number of carbonyl (C=O) groups excluding carboxylic acids is 1. The Morgan fingerprint density at radius 2 is 1.73 bits per heavy atom. The van der Waals surface area contributed by atoms with E-state index in [0.29, 0.717) is 18.7 Å². The van der Waals surface area contributed by atoms with E-state index in [-0.39, 0.29) is 11.8 Å². The fraction of sp³-hybridized carbons (Fsp3) is 0.421. The summed E-state index contributed by atoms with van der Waals surface area (Å²) in [6.45, 7) is 9.21. The Bertz CT molecular complexity index is 660. The molecule has 3 nitrogen and oxygen atoms in total. The first kappa shape index (κ1) is 16.5. The second-order valence-corrected chi connectivity index (χ2v) is 5.92. The van der Waals surface area contributed by atoms with Crippen molar-refractivity contribution in [3.8, 4) is 0 Å². The third-order valence-electron chi connectivity index (χ3n) is 4.18. The standard InChI is InChI=1S/C19H25NO2/c1-5-20(6-2)19(22)17-15-10-8-7-9-14(15)11-12-16(17)18(21)13(3)4/h7-13,18,21H,5-6H2,1-4H3/t18-/m0/s1. The maximum atomic E-state index is 13.0. The average molecular weight is 299 g/mol. The van der Waals surface area contributed by atoms with Crippen molar-refractivity contribution < 1.29 is 9.90 Å². The molecular weight excluding hydrogens is 274 g/mol. The van der Waals surface area contributed by atoms with Gasteiger partial charge in [0.2, 0.25) is 0 Å². The minimum Gasteiger partial charge on any atom is -0.388 e. The van der Waals surface area contributed by atoms with Gasteiger partial charge in [-0.2, -0.15) is 0 Å². The largest absolute Gasteiger partial charge is 0.388 e. The minimum absolute atomic E-state index is 0.00324. The summed E-state index contributed by atoms with van der Waals surface area (Å²) >= 11 is 0. The van der Waals surface area contributed by atoms with Crippen molar-refractivity contribution in [2.75, 3.05) is 13.1 Å². The number of carbonyl (C=O) groups is 1. The number of benzene rings is 2. The Morgan fingerprint density at radius 1 is 1.09 bits per heavy atom. The number of aliphatic hydroxyl groups excluding tert-OH is 1. The molecule has 0 saturated heterocycles. The van der Waals surface area contributed by atoms with Crippen molar-refractivity contribution in [3.05, 3.63) is 47.5 Å². The number of aliphatic hydroxyl groups is 1. The van der Waals surface area contributed by atoms with Gasteiger partial charge in [0.1, 0.15) is 0 Å². The molecule has 1 atom stereocenters. The molecule has 0 spiro atoms. The molecule has 0 radical (unpaired) electrons. The van der Waals surface area contributed by atoms with E-state index in [9.17, 15) is 9.90 Å². The van der Waals surface area contributed by atoms with Gasteiger partial charge in [0.25, 0.3) is 5.91 Å². The molecule has 0 unspecified atom stereocenters. The van der Waals surface area contributed by atoms with Crippen molar-refractivity contribution in [1.29, 1.82) is 0 Å². The maximum Gasteiger partial charge on any atom is 0.254 e. The lowest BCUT2D eigenvalue weighted by molar-refractivity contribution is 0.0760. The van der Waals surface area contributed by atoms with Crippen LogP contribution in [-0.4, -0.2) is 29.0 Å². The molecule has 0 bridgehead atoms. The fourth-order valence-corrected chi connectivity index (χ4v) is 2.80. The topological polar surface area (TPSA) is 40.5 Å². The highest BCUT2D eigenvalue weighted by atomic mass is 16.3. The van der Waals surface area contributed by atoms with Crippen molar-refractivity contribution >= 4 is 16.7 Å². The van der Waals surface area contributed by atoms with Crippen LogP contribution in [0, 0.1) is 5.92 Å². The second-order valence-electron chi connectivity index (χ2n) is 5.92. The third-order valence-corrected chi connectivity index (χ3v) is 4.18. The molecule has 0 heterocycles. The molecule has 118 valence electrons. The van der Waals surface area contributed by atoms with Gasteiger partial charge in [-0.3, -0.25) is 4.79 Å². The highest BCUT2D eigenvalue weighted by molar-refractivity contribution is 6.08. The second kappa shape index (κ2) is 6.93. The van der Waals surface area contributed by atoms with Gasteiger partial charge in [-0.25, -0.2) is 0 Å².